The van der Waals surface area contributed by atoms with Gasteiger partial charge in [-0.25, -0.2) is 0 Å². The van der Waals surface area contributed by atoms with Crippen molar-refractivity contribution in [2.24, 2.45) is 17.3 Å². The van der Waals surface area contributed by atoms with Gasteiger partial charge in [0, 0.05) is 13.2 Å². The molecule has 1 saturated carbocycles. The van der Waals surface area contributed by atoms with E-state index in [2.05, 4.69) is 25.2 Å². The van der Waals surface area contributed by atoms with Gasteiger partial charge in [0.25, 0.3) is 0 Å². The van der Waals surface area contributed by atoms with Crippen LogP contribution in [-0.4, -0.2) is 24.2 Å². The van der Waals surface area contributed by atoms with E-state index in [9.17, 15) is 10.1 Å². The number of hydrogen-bond acceptors (Lipinski definition) is 3. The number of nitrogens with zero attached hydrogens (tertiary/aromatic N) is 1. The van der Waals surface area contributed by atoms with Crippen LogP contribution in [0.3, 0.4) is 0 Å². The Kier molecular flexibility index (Phi) is 6.30. The van der Waals surface area contributed by atoms with Crippen molar-refractivity contribution in [1.29, 1.82) is 5.26 Å². The lowest BCUT2D eigenvalue weighted by atomic mass is 9.86. The Morgan fingerprint density at radius 1 is 1.42 bits per heavy atom. The van der Waals surface area contributed by atoms with E-state index < -0.39 is 5.41 Å². The zero-order valence-electron chi connectivity index (χ0n) is 12.1. The third-order valence-electron chi connectivity index (χ3n) is 4.00. The molecule has 0 spiro atoms. The predicted molar refractivity (Wildman–Crippen MR) is 74.2 cm³/mol. The van der Waals surface area contributed by atoms with E-state index in [0.717, 1.165) is 19.3 Å². The average molecular weight is 266 g/mol. The van der Waals surface area contributed by atoms with Crippen LogP contribution >= 0.6 is 0 Å². The van der Waals surface area contributed by atoms with Gasteiger partial charge >= 0.3 is 0 Å². The lowest BCUT2D eigenvalue weighted by Crippen LogP contribution is -2.40. The first-order valence-corrected chi connectivity index (χ1v) is 7.34. The quantitative estimate of drug-likeness (QED) is 0.742. The first kappa shape index (κ1) is 16.0. The van der Waals surface area contributed by atoms with Crippen LogP contribution in [0.5, 0.6) is 0 Å². The summed E-state index contributed by atoms with van der Waals surface area (Å²) in [5.74, 6) is 0.732. The number of nitrogens with one attached hydrogen (secondary N) is 1. The van der Waals surface area contributed by atoms with Gasteiger partial charge in [-0.2, -0.15) is 5.26 Å². The van der Waals surface area contributed by atoms with Gasteiger partial charge in [0.15, 0.2) is 0 Å². The Morgan fingerprint density at radius 3 is 2.53 bits per heavy atom. The van der Waals surface area contributed by atoms with Crippen LogP contribution in [0.2, 0.25) is 0 Å². The third-order valence-corrected chi connectivity index (χ3v) is 4.00. The summed E-state index contributed by atoms with van der Waals surface area (Å²) in [6.45, 7) is 5.00. The third kappa shape index (κ3) is 4.50. The number of aliphatic hydroxyl groups excluding tert-OH is 1. The first-order valence-electron chi connectivity index (χ1n) is 7.34. The van der Waals surface area contributed by atoms with Crippen LogP contribution in [0.1, 0.15) is 52.4 Å². The second kappa shape index (κ2) is 7.49. The number of carbonyl (C=O) groups excluding carboxylic acids is 1. The smallest absolute Gasteiger partial charge is 0.240 e. The van der Waals surface area contributed by atoms with Crippen LogP contribution in [0.15, 0.2) is 0 Å². The molecule has 1 unspecified atom stereocenters. The van der Waals surface area contributed by atoms with E-state index in [1.165, 1.54) is 0 Å². The molecule has 1 aliphatic carbocycles. The summed E-state index contributed by atoms with van der Waals surface area (Å²) in [5, 5.41) is 21.2. The molecule has 1 fully saturated rings. The normalized spacial score (nSPS) is 19.1. The SMILES string of the molecule is CC(C)CC(CCO)CNC(=O)C1(C#N)CCCC1. The zero-order valence-corrected chi connectivity index (χ0v) is 12.1. The van der Waals surface area contributed by atoms with E-state index in [1.807, 2.05) is 0 Å². The number of nitriles is 1. The molecule has 19 heavy (non-hydrogen) atoms. The van der Waals surface area contributed by atoms with E-state index in [0.29, 0.717) is 37.6 Å². The highest BCUT2D eigenvalue weighted by atomic mass is 16.3. The Labute approximate surface area is 116 Å². The molecule has 1 rings (SSSR count). The molecule has 0 saturated heterocycles. The highest BCUT2D eigenvalue weighted by molar-refractivity contribution is 5.85. The minimum atomic E-state index is -0.790. The van der Waals surface area contributed by atoms with Gasteiger partial charge in [0.1, 0.15) is 5.41 Å². The molecule has 0 bridgehead atoms. The highest BCUT2D eigenvalue weighted by Crippen LogP contribution is 2.37. The van der Waals surface area contributed by atoms with Crippen molar-refractivity contribution >= 4 is 5.91 Å². The molecule has 0 heterocycles. The fraction of sp³-hybridized carbons (Fsp3) is 0.867. The van der Waals surface area contributed by atoms with Crippen LogP contribution in [0.25, 0.3) is 0 Å². The number of carbonyl (C=O) groups is 1. The second-order valence-corrected chi connectivity index (χ2v) is 6.12. The summed E-state index contributed by atoms with van der Waals surface area (Å²) in [7, 11) is 0. The van der Waals surface area contributed by atoms with Gasteiger partial charge in [0.05, 0.1) is 6.07 Å². The van der Waals surface area contributed by atoms with Gasteiger partial charge in [-0.05, 0) is 37.5 Å². The van der Waals surface area contributed by atoms with E-state index in [4.69, 9.17) is 5.11 Å². The lowest BCUT2D eigenvalue weighted by molar-refractivity contribution is -0.128. The van der Waals surface area contributed by atoms with Gasteiger partial charge in [0.2, 0.25) is 5.91 Å². The largest absolute Gasteiger partial charge is 0.396 e. The number of aliphatic hydroxyl groups is 1. The molecule has 0 aliphatic heterocycles. The van der Waals surface area contributed by atoms with Crippen LogP contribution in [0.4, 0.5) is 0 Å². The van der Waals surface area contributed by atoms with Gasteiger partial charge in [-0.15, -0.1) is 0 Å². The highest BCUT2D eigenvalue weighted by Gasteiger charge is 2.41. The number of rotatable bonds is 7. The molecule has 1 atom stereocenters. The standard InChI is InChI=1S/C15H26N2O2/c1-12(2)9-13(5-8-18)10-17-14(19)15(11-16)6-3-4-7-15/h12-13,18H,3-10H2,1-2H3,(H,17,19). The topological polar surface area (TPSA) is 73.1 Å². The Balaban J connectivity index is 2.49. The molecule has 0 aromatic heterocycles. The molecule has 4 nitrogen and oxygen atoms in total. The molecule has 1 amide bonds. The summed E-state index contributed by atoms with van der Waals surface area (Å²) in [5.41, 5.74) is -0.790. The second-order valence-electron chi connectivity index (χ2n) is 6.12. The molecule has 0 aromatic carbocycles. The molecule has 4 heteroatoms. The van der Waals surface area contributed by atoms with E-state index in [1.54, 1.807) is 0 Å². The fourth-order valence-electron chi connectivity index (χ4n) is 2.93. The molecular weight excluding hydrogens is 240 g/mol. The Hall–Kier alpha value is -1.08. The molecule has 1 aliphatic rings. The van der Waals surface area contributed by atoms with Crippen LogP contribution < -0.4 is 5.32 Å². The van der Waals surface area contributed by atoms with Crippen molar-refractivity contribution in [3.8, 4) is 6.07 Å². The van der Waals surface area contributed by atoms with Gasteiger partial charge in [-0.1, -0.05) is 26.7 Å². The minimum Gasteiger partial charge on any atom is -0.396 e. The summed E-state index contributed by atoms with van der Waals surface area (Å²) in [6.07, 6.45) is 4.99. The Morgan fingerprint density at radius 2 is 2.05 bits per heavy atom. The summed E-state index contributed by atoms with van der Waals surface area (Å²) >= 11 is 0. The molecule has 2 N–H and O–H groups in total. The van der Waals surface area contributed by atoms with Crippen molar-refractivity contribution < 1.29 is 9.90 Å². The zero-order chi connectivity index (χ0) is 14.3. The molecule has 0 radical (unpaired) electrons. The van der Waals surface area contributed by atoms with Gasteiger partial charge in [-0.3, -0.25) is 4.79 Å². The maximum absolute atomic E-state index is 12.2. The summed E-state index contributed by atoms with van der Waals surface area (Å²) in [4.78, 5) is 12.2. The van der Waals surface area contributed by atoms with Crippen molar-refractivity contribution in [2.45, 2.75) is 52.4 Å². The first-order chi connectivity index (χ1) is 9.04. The Bertz CT molecular complexity index is 328. The lowest BCUT2D eigenvalue weighted by Gasteiger charge is -2.23. The maximum Gasteiger partial charge on any atom is 0.240 e. The average Bonchev–Trinajstić information content (AvgIpc) is 2.85. The molecule has 108 valence electrons. The fourth-order valence-corrected chi connectivity index (χ4v) is 2.93. The molecular formula is C15H26N2O2. The summed E-state index contributed by atoms with van der Waals surface area (Å²) < 4.78 is 0. The number of hydrogen-bond donors (Lipinski definition) is 2. The minimum absolute atomic E-state index is 0.112. The van der Waals surface area contributed by atoms with Crippen LogP contribution in [0, 0.1) is 28.6 Å². The van der Waals surface area contributed by atoms with Crippen molar-refractivity contribution in [1.82, 2.24) is 5.32 Å². The maximum atomic E-state index is 12.2. The predicted octanol–water partition coefficient (Wildman–Crippen LogP) is 2.23. The number of amides is 1. The summed E-state index contributed by atoms with van der Waals surface area (Å²) in [6, 6.07) is 2.21. The monoisotopic (exact) mass is 266 g/mol. The van der Waals surface area contributed by atoms with Crippen molar-refractivity contribution in [2.75, 3.05) is 13.2 Å². The molecule has 0 aromatic rings. The van der Waals surface area contributed by atoms with E-state index in [-0.39, 0.29) is 12.5 Å². The van der Waals surface area contributed by atoms with Crippen LogP contribution in [-0.2, 0) is 4.79 Å². The van der Waals surface area contributed by atoms with Crippen molar-refractivity contribution in [3.63, 3.8) is 0 Å². The van der Waals surface area contributed by atoms with E-state index >= 15 is 0 Å². The van der Waals surface area contributed by atoms with Crippen molar-refractivity contribution in [3.05, 3.63) is 0 Å². The van der Waals surface area contributed by atoms with Gasteiger partial charge < -0.3 is 10.4 Å².